The summed E-state index contributed by atoms with van der Waals surface area (Å²) in [4.78, 5) is 9.93. The van der Waals surface area contributed by atoms with Crippen molar-refractivity contribution in [3.8, 4) is 5.75 Å². The molecule has 29 heavy (non-hydrogen) atoms. The number of aliphatic hydroxyl groups excluding tert-OH is 1. The summed E-state index contributed by atoms with van der Waals surface area (Å²) in [6, 6.07) is 4.35. The van der Waals surface area contributed by atoms with E-state index in [1.54, 1.807) is 11.3 Å². The predicted molar refractivity (Wildman–Crippen MR) is 107 cm³/mol. The van der Waals surface area contributed by atoms with Gasteiger partial charge >= 0.3 is 6.18 Å². The summed E-state index contributed by atoms with van der Waals surface area (Å²) >= 11 is 1.59. The van der Waals surface area contributed by atoms with Gasteiger partial charge in [-0.2, -0.15) is 13.2 Å². The SMILES string of the molecule is CCNC(=NCc1sc(C)nc1C)NCC(O)COc1ccc(C(F)(F)F)cc1. The number of aliphatic imine (C=N–C) groups is 1. The van der Waals surface area contributed by atoms with E-state index in [0.29, 0.717) is 19.0 Å². The average molecular weight is 430 g/mol. The number of thiazole rings is 1. The van der Waals surface area contributed by atoms with Crippen LogP contribution in [0, 0.1) is 13.8 Å². The summed E-state index contributed by atoms with van der Waals surface area (Å²) in [6.07, 6.45) is -5.26. The molecule has 0 aliphatic heterocycles. The quantitative estimate of drug-likeness (QED) is 0.443. The molecule has 0 spiro atoms. The molecule has 1 atom stereocenters. The van der Waals surface area contributed by atoms with Gasteiger partial charge in [0.05, 0.1) is 22.8 Å². The third kappa shape index (κ3) is 7.54. The van der Waals surface area contributed by atoms with Crippen LogP contribution in [0.3, 0.4) is 0 Å². The fourth-order valence-electron chi connectivity index (χ4n) is 2.42. The largest absolute Gasteiger partial charge is 0.491 e. The van der Waals surface area contributed by atoms with E-state index < -0.39 is 17.8 Å². The lowest BCUT2D eigenvalue weighted by atomic mass is 10.2. The molecule has 6 nitrogen and oxygen atoms in total. The molecule has 0 saturated heterocycles. The second-order valence-electron chi connectivity index (χ2n) is 6.30. The number of benzene rings is 1. The van der Waals surface area contributed by atoms with Crippen LogP contribution in [0.5, 0.6) is 5.75 Å². The van der Waals surface area contributed by atoms with Crippen molar-refractivity contribution in [3.63, 3.8) is 0 Å². The van der Waals surface area contributed by atoms with Crippen molar-refractivity contribution >= 4 is 17.3 Å². The van der Waals surface area contributed by atoms with Gasteiger partial charge in [-0.05, 0) is 45.0 Å². The lowest BCUT2D eigenvalue weighted by Gasteiger charge is -2.16. The van der Waals surface area contributed by atoms with Crippen molar-refractivity contribution in [2.24, 2.45) is 4.99 Å². The molecule has 1 unspecified atom stereocenters. The molecule has 0 fully saturated rings. The van der Waals surface area contributed by atoms with Gasteiger partial charge in [0.2, 0.25) is 0 Å². The van der Waals surface area contributed by atoms with Crippen LogP contribution in [-0.2, 0) is 12.7 Å². The van der Waals surface area contributed by atoms with Crippen molar-refractivity contribution in [3.05, 3.63) is 45.4 Å². The van der Waals surface area contributed by atoms with Gasteiger partial charge in [0, 0.05) is 18.0 Å². The summed E-state index contributed by atoms with van der Waals surface area (Å²) in [5.74, 6) is 0.806. The Morgan fingerprint density at radius 1 is 1.24 bits per heavy atom. The number of rotatable bonds is 8. The molecule has 2 aromatic rings. The molecule has 0 saturated carbocycles. The Bertz CT molecular complexity index is 807. The van der Waals surface area contributed by atoms with E-state index in [0.717, 1.165) is 27.7 Å². The summed E-state index contributed by atoms with van der Waals surface area (Å²) in [7, 11) is 0. The zero-order valence-electron chi connectivity index (χ0n) is 16.5. The van der Waals surface area contributed by atoms with Crippen LogP contribution < -0.4 is 15.4 Å². The van der Waals surface area contributed by atoms with Crippen LogP contribution >= 0.6 is 11.3 Å². The molecule has 1 aromatic carbocycles. The van der Waals surface area contributed by atoms with Crippen molar-refractivity contribution < 1.29 is 23.0 Å². The summed E-state index contributed by atoms with van der Waals surface area (Å²) in [6.45, 7) is 7.06. The lowest BCUT2D eigenvalue weighted by molar-refractivity contribution is -0.137. The first-order chi connectivity index (χ1) is 13.7. The van der Waals surface area contributed by atoms with Crippen molar-refractivity contribution in [1.82, 2.24) is 15.6 Å². The number of alkyl halides is 3. The number of nitrogens with zero attached hydrogens (tertiary/aromatic N) is 2. The highest BCUT2D eigenvalue weighted by atomic mass is 32.1. The van der Waals surface area contributed by atoms with Crippen molar-refractivity contribution in [1.29, 1.82) is 0 Å². The maximum atomic E-state index is 12.6. The fraction of sp³-hybridized carbons (Fsp3) is 0.474. The Balaban J connectivity index is 1.82. The zero-order valence-corrected chi connectivity index (χ0v) is 17.3. The summed E-state index contributed by atoms with van der Waals surface area (Å²) < 4.78 is 43.0. The van der Waals surface area contributed by atoms with Crippen LogP contribution in [0.15, 0.2) is 29.3 Å². The Kier molecular flexibility index (Phi) is 8.27. The normalized spacial score (nSPS) is 13.3. The van der Waals surface area contributed by atoms with E-state index >= 15 is 0 Å². The second kappa shape index (κ2) is 10.4. The third-order valence-electron chi connectivity index (χ3n) is 3.85. The molecular formula is C19H25F3N4O2S. The maximum Gasteiger partial charge on any atom is 0.416 e. The standard InChI is InChI=1S/C19H25F3N4O2S/c1-4-23-18(25-10-17-12(2)26-13(3)29-17)24-9-15(27)11-28-16-7-5-14(6-8-16)19(20,21)22/h5-8,15,27H,4,9-11H2,1-3H3,(H2,23,24,25). The number of ether oxygens (including phenoxy) is 1. The number of halogens is 3. The maximum absolute atomic E-state index is 12.6. The molecular weight excluding hydrogens is 405 g/mol. The number of hydrogen-bond donors (Lipinski definition) is 3. The van der Waals surface area contributed by atoms with Gasteiger partial charge in [-0.25, -0.2) is 9.98 Å². The first-order valence-electron chi connectivity index (χ1n) is 9.12. The highest BCUT2D eigenvalue weighted by molar-refractivity contribution is 7.11. The van der Waals surface area contributed by atoms with Crippen LogP contribution in [0.2, 0.25) is 0 Å². The highest BCUT2D eigenvalue weighted by Gasteiger charge is 2.30. The third-order valence-corrected chi connectivity index (χ3v) is 4.91. The van der Waals surface area contributed by atoms with Crippen LogP contribution in [0.25, 0.3) is 0 Å². The van der Waals surface area contributed by atoms with Crippen LogP contribution in [0.1, 0.15) is 28.1 Å². The van der Waals surface area contributed by atoms with Crippen LogP contribution in [0.4, 0.5) is 13.2 Å². The van der Waals surface area contributed by atoms with Gasteiger partial charge in [0.25, 0.3) is 0 Å². The minimum Gasteiger partial charge on any atom is -0.491 e. The summed E-state index contributed by atoms with van der Waals surface area (Å²) in [5, 5.41) is 17.2. The molecule has 0 bridgehead atoms. The van der Waals surface area contributed by atoms with Gasteiger partial charge in [-0.3, -0.25) is 0 Å². The minimum atomic E-state index is -4.39. The highest BCUT2D eigenvalue weighted by Crippen LogP contribution is 2.30. The molecule has 0 radical (unpaired) electrons. The number of aryl methyl sites for hydroxylation is 2. The number of aliphatic hydroxyl groups is 1. The Morgan fingerprint density at radius 3 is 2.48 bits per heavy atom. The first kappa shape index (κ1) is 23.0. The molecule has 2 rings (SSSR count). The Labute approximate surface area is 171 Å². The van der Waals surface area contributed by atoms with E-state index in [1.165, 1.54) is 12.1 Å². The van der Waals surface area contributed by atoms with E-state index in [9.17, 15) is 18.3 Å². The predicted octanol–water partition coefficient (Wildman–Crippen LogP) is 3.27. The van der Waals surface area contributed by atoms with Gasteiger partial charge in [0.15, 0.2) is 5.96 Å². The van der Waals surface area contributed by atoms with E-state index in [2.05, 4.69) is 20.6 Å². The first-order valence-corrected chi connectivity index (χ1v) is 9.94. The van der Waals surface area contributed by atoms with Crippen LogP contribution in [-0.4, -0.2) is 41.9 Å². The molecule has 1 heterocycles. The smallest absolute Gasteiger partial charge is 0.416 e. The molecule has 1 aromatic heterocycles. The van der Waals surface area contributed by atoms with Crippen molar-refractivity contribution in [2.75, 3.05) is 19.7 Å². The number of guanidine groups is 1. The van der Waals surface area contributed by atoms with E-state index in [4.69, 9.17) is 4.74 Å². The van der Waals surface area contributed by atoms with Gasteiger partial charge in [0.1, 0.15) is 18.5 Å². The Hall–Kier alpha value is -2.33. The number of nitrogens with one attached hydrogen (secondary N) is 2. The van der Waals surface area contributed by atoms with E-state index in [1.807, 2.05) is 20.8 Å². The van der Waals surface area contributed by atoms with Gasteiger partial charge in [-0.15, -0.1) is 11.3 Å². The molecule has 3 N–H and O–H groups in total. The number of hydrogen-bond acceptors (Lipinski definition) is 5. The molecule has 0 aliphatic carbocycles. The molecule has 0 aliphatic rings. The minimum absolute atomic E-state index is 0.0646. The van der Waals surface area contributed by atoms with Gasteiger partial charge in [-0.1, -0.05) is 0 Å². The second-order valence-corrected chi connectivity index (χ2v) is 7.59. The summed E-state index contributed by atoms with van der Waals surface area (Å²) in [5.41, 5.74) is 0.210. The topological polar surface area (TPSA) is 78.8 Å². The average Bonchev–Trinajstić information content (AvgIpc) is 2.99. The number of aromatic nitrogens is 1. The van der Waals surface area contributed by atoms with Crippen molar-refractivity contribution in [2.45, 2.75) is 39.6 Å². The van der Waals surface area contributed by atoms with Gasteiger partial charge < -0.3 is 20.5 Å². The molecule has 10 heteroatoms. The van der Waals surface area contributed by atoms with E-state index in [-0.39, 0.29) is 18.9 Å². The zero-order chi connectivity index (χ0) is 21.4. The fourth-order valence-corrected chi connectivity index (χ4v) is 3.28. The monoisotopic (exact) mass is 430 g/mol. The Morgan fingerprint density at radius 2 is 1.93 bits per heavy atom. The lowest BCUT2D eigenvalue weighted by Crippen LogP contribution is -2.42. The molecule has 0 amide bonds. The molecule has 160 valence electrons.